The molecular weight excluding hydrogens is 213 g/mol. The van der Waals surface area contributed by atoms with Crippen molar-refractivity contribution < 1.29 is 19.8 Å². The van der Waals surface area contributed by atoms with Crippen LogP contribution < -0.4 is 5.73 Å². The Morgan fingerprint density at radius 3 is 1.79 bits per heavy atom. The van der Waals surface area contributed by atoms with Crippen LogP contribution in [0.1, 0.15) is 11.1 Å². The monoisotopic (exact) mass is 225 g/mol. The number of rotatable bonds is 0. The van der Waals surface area contributed by atoms with Gasteiger partial charge in [-0.3, -0.25) is 0 Å². The molecule has 1 aromatic carbocycles. The first-order valence-electron chi connectivity index (χ1n) is 3.97. The van der Waals surface area contributed by atoms with Gasteiger partial charge in [-0.05, 0) is 25.5 Å². The van der Waals surface area contributed by atoms with Crippen LogP contribution in [-0.4, -0.2) is 14.9 Å². The van der Waals surface area contributed by atoms with Crippen molar-refractivity contribution in [2.75, 3.05) is 0 Å². The number of quaternary nitrogens is 1. The van der Waals surface area contributed by atoms with Crippen molar-refractivity contribution >= 4 is 20.6 Å². The summed E-state index contributed by atoms with van der Waals surface area (Å²) >= 11 is -6.83. The first kappa shape index (κ1) is 13.4. The Balaban J connectivity index is 0.000000292. The van der Waals surface area contributed by atoms with E-state index in [4.69, 9.17) is 0 Å². The van der Waals surface area contributed by atoms with E-state index in [1.165, 1.54) is 11.1 Å². The van der Waals surface area contributed by atoms with Crippen LogP contribution in [0, 0.1) is 13.8 Å². The predicted molar refractivity (Wildman–Crippen MR) is 48.7 cm³/mol. The first-order chi connectivity index (χ1) is 6.22. The maximum atomic E-state index is 9.85. The highest BCUT2D eigenvalue weighted by Crippen LogP contribution is 2.11. The Morgan fingerprint density at radius 1 is 1.07 bits per heavy atom. The van der Waals surface area contributed by atoms with Crippen molar-refractivity contribution in [1.82, 2.24) is 0 Å². The lowest BCUT2D eigenvalue weighted by Crippen LogP contribution is -2.41. The third-order valence-corrected chi connectivity index (χ3v) is 1.72. The minimum absolute atomic E-state index is 1.13. The van der Waals surface area contributed by atoms with Crippen LogP contribution in [-0.2, 0) is 0 Å². The molecule has 3 N–H and O–H groups in total. The van der Waals surface area contributed by atoms with E-state index in [1.54, 1.807) is 0 Å². The van der Waals surface area contributed by atoms with Gasteiger partial charge in [0, 0.05) is 5.56 Å². The molecule has 80 valence electrons. The highest BCUT2D eigenvalue weighted by Gasteiger charge is 2.41. The van der Waals surface area contributed by atoms with E-state index in [2.05, 4.69) is 25.6 Å². The van der Waals surface area contributed by atoms with Gasteiger partial charge in [0.1, 0.15) is 5.69 Å². The van der Waals surface area contributed by atoms with Gasteiger partial charge in [-0.1, -0.05) is 12.1 Å². The van der Waals surface area contributed by atoms with Crippen molar-refractivity contribution in [2.45, 2.75) is 13.8 Å². The summed E-state index contributed by atoms with van der Waals surface area (Å²) in [6, 6.07) is 6.16. The fourth-order valence-electron chi connectivity index (χ4n) is 0.812. The van der Waals surface area contributed by atoms with Crippen LogP contribution in [0.4, 0.5) is 19.8 Å². The summed E-state index contributed by atoms with van der Waals surface area (Å²) in [5.74, 6) is 0. The zero-order valence-electron chi connectivity index (χ0n) is 8.03. The largest absolute Gasteiger partial charge is 1.04 e. The van der Waals surface area contributed by atoms with Crippen LogP contribution in [0.3, 0.4) is 0 Å². The van der Waals surface area contributed by atoms with E-state index in [0.717, 1.165) is 5.69 Å². The van der Waals surface area contributed by atoms with E-state index < -0.39 is 14.9 Å². The molecule has 0 aliphatic rings. The normalized spacial score (nSPS) is 10.5. The molecule has 0 unspecified atom stereocenters. The molecule has 0 saturated carbocycles. The van der Waals surface area contributed by atoms with Gasteiger partial charge in [0.25, 0.3) is 0 Å². The fourth-order valence-corrected chi connectivity index (χ4v) is 0.812. The van der Waals surface area contributed by atoms with Gasteiger partial charge >= 0.3 is 14.9 Å². The summed E-state index contributed by atoms with van der Waals surface area (Å²) in [4.78, 5) is 0. The fraction of sp³-hybridized carbons (Fsp3) is 0.250. The molecule has 0 saturated heterocycles. The van der Waals surface area contributed by atoms with Crippen LogP contribution in [0.2, 0.25) is 0 Å². The molecule has 0 amide bonds. The Morgan fingerprint density at radius 2 is 1.50 bits per heavy atom. The lowest BCUT2D eigenvalue weighted by atomic mass is 10.1. The number of halogens is 4. The minimum Gasteiger partial charge on any atom is -0.510 e. The molecule has 0 aliphatic heterocycles. The van der Waals surface area contributed by atoms with Crippen LogP contribution in [0.15, 0.2) is 18.2 Å². The molecule has 0 aromatic heterocycles. The van der Waals surface area contributed by atoms with E-state index in [-0.39, 0.29) is 0 Å². The zero-order chi connectivity index (χ0) is 11.4. The summed E-state index contributed by atoms with van der Waals surface area (Å²) in [6.07, 6.45) is 0. The van der Waals surface area contributed by atoms with E-state index in [1.807, 2.05) is 12.1 Å². The van der Waals surface area contributed by atoms with Crippen molar-refractivity contribution in [1.29, 1.82) is 0 Å². The third-order valence-electron chi connectivity index (χ3n) is 1.72. The predicted octanol–water partition coefficient (Wildman–Crippen LogP) is 2.48. The molecule has 0 aliphatic carbocycles. The summed E-state index contributed by atoms with van der Waals surface area (Å²) in [5, 5.41) is 0. The standard InChI is InChI=1S/C8H11N.Al.4FH/c1-6-4-3-5-8(9)7(6)2;;;;;/h3-5H,9H2,1-2H3;;4*1H/q;+3;;;;/p-3. The second-order valence-corrected chi connectivity index (χ2v) is 3.84. The van der Waals surface area contributed by atoms with Gasteiger partial charge in [0.2, 0.25) is 0 Å². The maximum absolute atomic E-state index is 9.85. The zero-order valence-corrected chi connectivity index (χ0v) is 9.18. The topological polar surface area (TPSA) is 27.6 Å². The van der Waals surface area contributed by atoms with E-state index in [9.17, 15) is 14.1 Å². The van der Waals surface area contributed by atoms with E-state index in [0.29, 0.717) is 0 Å². The Bertz CT molecular complexity index is 272. The van der Waals surface area contributed by atoms with Crippen molar-refractivity contribution in [3.63, 3.8) is 0 Å². The highest BCUT2D eigenvalue weighted by molar-refractivity contribution is 6.50. The van der Waals surface area contributed by atoms with Gasteiger partial charge in [-0.2, -0.15) is 0 Å². The van der Waals surface area contributed by atoms with Gasteiger partial charge in [-0.25, -0.2) is 0 Å². The highest BCUT2D eigenvalue weighted by atomic mass is 27.5. The smallest absolute Gasteiger partial charge is 0.510 e. The lowest BCUT2D eigenvalue weighted by molar-refractivity contribution is -0.255. The minimum atomic E-state index is -6.83. The summed E-state index contributed by atoms with van der Waals surface area (Å²) in [6.45, 7) is 4.20. The first-order valence-corrected chi connectivity index (χ1v) is 5.72. The molecule has 0 fully saturated rings. The molecule has 1 nitrogen and oxygen atoms in total. The van der Waals surface area contributed by atoms with Gasteiger partial charge in [0.05, 0.1) is 0 Å². The molecule has 1 rings (SSSR count). The quantitative estimate of drug-likeness (QED) is 0.519. The molecule has 14 heavy (non-hydrogen) atoms. The molecule has 0 atom stereocenters. The second kappa shape index (κ2) is 5.35. The molecule has 0 bridgehead atoms. The lowest BCUT2D eigenvalue weighted by Gasteiger charge is -1.97. The summed E-state index contributed by atoms with van der Waals surface area (Å²) in [5.41, 5.74) is 7.64. The Hall–Kier alpha value is -0.568. The van der Waals surface area contributed by atoms with Crippen LogP contribution in [0.25, 0.3) is 0 Å². The van der Waals surface area contributed by atoms with Gasteiger partial charge in [-0.15, -0.1) is 0 Å². The average molecular weight is 225 g/mol. The third kappa shape index (κ3) is 6.90. The summed E-state index contributed by atoms with van der Waals surface area (Å²) < 4.78 is 39.4. The Kier molecular flexibility index (Phi) is 5.13. The molecule has 0 radical (unpaired) electrons. The summed E-state index contributed by atoms with van der Waals surface area (Å²) in [7, 11) is 0. The van der Waals surface area contributed by atoms with Gasteiger partial charge in [0.15, 0.2) is 0 Å². The van der Waals surface area contributed by atoms with E-state index >= 15 is 0 Å². The maximum Gasteiger partial charge on any atom is 1.04 e. The molecular formula is C8H12AlF4N. The molecule has 1 aromatic rings. The SMILES string of the molecule is Cc1cccc([NH3+])c1C.[F][Al-]([F])([F])[F]. The van der Waals surface area contributed by atoms with Gasteiger partial charge < -0.3 is 19.8 Å². The number of hydrogen-bond donors (Lipinski definition) is 1. The van der Waals surface area contributed by atoms with Crippen molar-refractivity contribution in [2.24, 2.45) is 0 Å². The van der Waals surface area contributed by atoms with Crippen molar-refractivity contribution in [3.8, 4) is 0 Å². The molecule has 6 heteroatoms. The average Bonchev–Trinajstić information content (AvgIpc) is 1.97. The number of hydrogen-bond acceptors (Lipinski definition) is 0. The number of aryl methyl sites for hydroxylation is 1. The molecule has 0 heterocycles. The van der Waals surface area contributed by atoms with Crippen LogP contribution in [0.5, 0.6) is 0 Å². The number of benzene rings is 1. The second-order valence-electron chi connectivity index (χ2n) is 2.85. The molecule has 0 spiro atoms. The van der Waals surface area contributed by atoms with Crippen molar-refractivity contribution in [3.05, 3.63) is 29.3 Å². The Labute approximate surface area is 84.1 Å². The van der Waals surface area contributed by atoms with Crippen LogP contribution >= 0.6 is 0 Å².